The van der Waals surface area contributed by atoms with Crippen LogP contribution in [0.15, 0.2) is 73.2 Å². The van der Waals surface area contributed by atoms with Gasteiger partial charge in [-0.2, -0.15) is 0 Å². The van der Waals surface area contributed by atoms with Gasteiger partial charge in [-0.1, -0.05) is 36.8 Å². The molecule has 2 aromatic carbocycles. The molecule has 5 saturated heterocycles. The van der Waals surface area contributed by atoms with Gasteiger partial charge in [0.25, 0.3) is 0 Å². The average Bonchev–Trinajstić information content (AvgIpc) is 4.18. The maximum atomic E-state index is 15.3. The summed E-state index contributed by atoms with van der Waals surface area (Å²) in [6, 6.07) is 18.9. The summed E-state index contributed by atoms with van der Waals surface area (Å²) in [5.41, 5.74) is 5.33. The summed E-state index contributed by atoms with van der Waals surface area (Å²) in [4.78, 5) is 93.0. The number of rotatable bonds is 11. The van der Waals surface area contributed by atoms with Crippen molar-refractivity contribution in [1.29, 1.82) is 0 Å². The number of carbonyl (C=O) groups is 5. The van der Waals surface area contributed by atoms with Crippen LogP contribution in [0.4, 0.5) is 27.4 Å². The van der Waals surface area contributed by atoms with Gasteiger partial charge in [-0.3, -0.25) is 29.3 Å². The molecule has 12 rings (SSSR count). The van der Waals surface area contributed by atoms with Crippen LogP contribution in [0.1, 0.15) is 114 Å². The number of imide groups is 1. The van der Waals surface area contributed by atoms with Gasteiger partial charge in [-0.15, -0.1) is 0 Å². The fourth-order valence-electron chi connectivity index (χ4n) is 13.5. The van der Waals surface area contributed by atoms with E-state index in [2.05, 4.69) is 62.4 Å². The smallest absolute Gasteiger partial charge is 0.238 e. The van der Waals surface area contributed by atoms with E-state index in [1.165, 1.54) is 25.3 Å². The lowest BCUT2D eigenvalue weighted by Gasteiger charge is -2.45. The number of amides is 5. The first kappa shape index (κ1) is 49.1. The normalized spacial score (nSPS) is 24.3. The van der Waals surface area contributed by atoms with E-state index in [4.69, 9.17) is 9.97 Å². The molecule has 2 unspecified atom stereocenters. The predicted octanol–water partition coefficient (Wildman–Crippen LogP) is 7.71. The summed E-state index contributed by atoms with van der Waals surface area (Å²) in [6.07, 6.45) is 13.1. The van der Waals surface area contributed by atoms with Crippen molar-refractivity contribution < 1.29 is 28.4 Å². The fraction of sp³-hybridized carbons (Fsp3) is 0.517. The lowest BCUT2D eigenvalue weighted by atomic mass is 9.73. The largest absolute Gasteiger partial charge is 0.357 e. The number of imidazole rings is 1. The van der Waals surface area contributed by atoms with E-state index in [0.717, 1.165) is 71.7 Å². The highest BCUT2D eigenvalue weighted by atomic mass is 19.1. The number of fused-ring (bicyclic) bond motifs is 3. The lowest BCUT2D eigenvalue weighted by molar-refractivity contribution is -0.140. The molecule has 17 heteroatoms. The van der Waals surface area contributed by atoms with Gasteiger partial charge in [0.15, 0.2) is 5.82 Å². The summed E-state index contributed by atoms with van der Waals surface area (Å²) in [7, 11) is 0. The minimum atomic E-state index is -0.759. The molecule has 3 aromatic heterocycles. The van der Waals surface area contributed by atoms with Gasteiger partial charge in [0.1, 0.15) is 17.2 Å². The summed E-state index contributed by atoms with van der Waals surface area (Å²) in [5, 5.41) is 5.71. The highest BCUT2D eigenvalue weighted by Gasteiger charge is 2.56. The Morgan fingerprint density at radius 1 is 0.827 bits per heavy atom. The van der Waals surface area contributed by atoms with Crippen LogP contribution in [0.25, 0.3) is 22.3 Å². The maximum absolute atomic E-state index is 15.3. The summed E-state index contributed by atoms with van der Waals surface area (Å²) < 4.78 is 17.2. The molecule has 0 bridgehead atoms. The SMILES string of the molecule is CC(C)n1cnc2cc(-c3ccc4c(c3)N(C3CC(CN5CCCCC5)C3)C(=O)C43CCN(C(=O)C4CCN(C(=O)C5CCN(c6ccc(C7CCC(=O)NC7=O)cn6)CC5)C4)CC3)nc(Nc3ccccc3F)c21. The van der Waals surface area contributed by atoms with E-state index in [9.17, 15) is 19.2 Å². The Morgan fingerprint density at radius 2 is 1.59 bits per heavy atom. The number of anilines is 4. The van der Waals surface area contributed by atoms with E-state index >= 15 is 9.18 Å². The molecule has 392 valence electrons. The first-order valence-electron chi connectivity index (χ1n) is 27.6. The Hall–Kier alpha value is -6.75. The molecule has 6 fully saturated rings. The van der Waals surface area contributed by atoms with Crippen molar-refractivity contribution in [2.24, 2.45) is 17.8 Å². The Kier molecular flexibility index (Phi) is 13.2. The highest BCUT2D eigenvalue weighted by Crippen LogP contribution is 2.53. The van der Waals surface area contributed by atoms with Crippen molar-refractivity contribution in [3.63, 3.8) is 0 Å². The quantitative estimate of drug-likeness (QED) is 0.124. The highest BCUT2D eigenvalue weighted by molar-refractivity contribution is 6.09. The molecule has 5 aromatic rings. The molecule has 5 amide bonds. The summed E-state index contributed by atoms with van der Waals surface area (Å²) in [6.45, 7) is 10.8. The number of nitrogens with zero attached hydrogens (tertiary/aromatic N) is 9. The third-order valence-electron chi connectivity index (χ3n) is 17.8. The molecule has 75 heavy (non-hydrogen) atoms. The van der Waals surface area contributed by atoms with Gasteiger partial charge >= 0.3 is 0 Å². The number of hydrogen-bond donors (Lipinski definition) is 2. The molecule has 9 heterocycles. The number of likely N-dealkylation sites (tertiary alicyclic amines) is 3. The number of carbonyl (C=O) groups excluding carboxylic acids is 5. The minimum Gasteiger partial charge on any atom is -0.357 e. The van der Waals surface area contributed by atoms with Crippen LogP contribution >= 0.6 is 0 Å². The standard InChI is InChI=1S/C58H68FN11O5/c1-36(2)69-35-61-48-31-47(63-53(52(48)69)62-46-9-5-4-8-45(46)59)39-10-13-44-49(30-39)70(42-28-37(29-42)33-65-21-6-3-7-22-65)57(75)58(44)19-26-67(27-20-58)56(74)41-18-25-68(34-41)55(73)38-16-23-66(24-17-38)50-14-11-40(32-60-50)43-12-15-51(71)64-54(43)72/h4-5,8-11,13-14,30-32,35-38,41-43H,3,6-7,12,15-29,33-34H2,1-2H3,(H,62,63)(H,64,71,72). The average molecular weight is 1020 g/mol. The molecule has 1 aliphatic carbocycles. The molecule has 16 nitrogen and oxygen atoms in total. The van der Waals surface area contributed by atoms with Gasteiger partial charge in [0.2, 0.25) is 29.5 Å². The summed E-state index contributed by atoms with van der Waals surface area (Å²) >= 11 is 0. The van der Waals surface area contributed by atoms with Crippen LogP contribution in [-0.4, -0.2) is 129 Å². The number of para-hydroxylation sites is 1. The van der Waals surface area contributed by atoms with Crippen LogP contribution in [0.5, 0.6) is 0 Å². The fourth-order valence-corrected chi connectivity index (χ4v) is 13.5. The second-order valence-electron chi connectivity index (χ2n) is 22.7. The molecule has 0 radical (unpaired) electrons. The first-order chi connectivity index (χ1) is 36.4. The zero-order valence-corrected chi connectivity index (χ0v) is 43.2. The van der Waals surface area contributed by atoms with Crippen molar-refractivity contribution in [2.45, 2.75) is 114 Å². The number of pyridine rings is 2. The number of benzene rings is 2. The number of hydrogen-bond acceptors (Lipinski definition) is 11. The van der Waals surface area contributed by atoms with Crippen molar-refractivity contribution in [3.8, 4) is 11.3 Å². The van der Waals surface area contributed by atoms with Crippen LogP contribution in [0.3, 0.4) is 0 Å². The zero-order chi connectivity index (χ0) is 51.5. The van der Waals surface area contributed by atoms with E-state index in [1.807, 2.05) is 32.6 Å². The van der Waals surface area contributed by atoms with Gasteiger partial charge in [-0.25, -0.2) is 19.3 Å². The molecular weight excluding hydrogens is 950 g/mol. The van der Waals surface area contributed by atoms with E-state index < -0.39 is 5.41 Å². The number of halogens is 1. The first-order valence-corrected chi connectivity index (χ1v) is 27.6. The number of nitrogens with one attached hydrogen (secondary N) is 2. The lowest BCUT2D eigenvalue weighted by Crippen LogP contribution is -2.55. The van der Waals surface area contributed by atoms with Gasteiger partial charge in [0.05, 0.1) is 40.5 Å². The molecule has 2 N–H and O–H groups in total. The molecule has 1 spiro atoms. The Balaban J connectivity index is 0.728. The second-order valence-corrected chi connectivity index (χ2v) is 22.7. The zero-order valence-electron chi connectivity index (χ0n) is 43.2. The van der Waals surface area contributed by atoms with E-state index in [-0.39, 0.29) is 65.2 Å². The van der Waals surface area contributed by atoms with Crippen LogP contribution in [0, 0.1) is 23.6 Å². The van der Waals surface area contributed by atoms with Crippen molar-refractivity contribution >= 4 is 63.6 Å². The van der Waals surface area contributed by atoms with Gasteiger partial charge in [-0.05, 0) is 139 Å². The van der Waals surface area contributed by atoms with Crippen LogP contribution in [0.2, 0.25) is 0 Å². The van der Waals surface area contributed by atoms with Crippen molar-refractivity contribution in [3.05, 3.63) is 90.1 Å². The van der Waals surface area contributed by atoms with Gasteiger partial charge < -0.3 is 34.4 Å². The molecule has 7 aliphatic rings. The third kappa shape index (κ3) is 9.22. The molecule has 2 atom stereocenters. The Morgan fingerprint density at radius 3 is 2.32 bits per heavy atom. The van der Waals surface area contributed by atoms with Crippen LogP contribution in [-0.2, 0) is 29.4 Å². The number of aromatic nitrogens is 4. The molecular formula is C58H68FN11O5. The number of piperidine rings is 4. The Bertz CT molecular complexity index is 3020. The Labute approximate surface area is 437 Å². The maximum Gasteiger partial charge on any atom is 0.238 e. The van der Waals surface area contributed by atoms with Crippen molar-refractivity contribution in [2.75, 3.05) is 74.0 Å². The minimum absolute atomic E-state index is 0.0698. The second kappa shape index (κ2) is 20.1. The van der Waals surface area contributed by atoms with Gasteiger partial charge in [0, 0.05) is 87.7 Å². The van der Waals surface area contributed by atoms with E-state index in [1.54, 1.807) is 30.7 Å². The predicted molar refractivity (Wildman–Crippen MR) is 284 cm³/mol. The van der Waals surface area contributed by atoms with Crippen LogP contribution < -0.4 is 20.4 Å². The van der Waals surface area contributed by atoms with Crippen molar-refractivity contribution in [1.82, 2.24) is 39.5 Å². The monoisotopic (exact) mass is 1020 g/mol. The summed E-state index contributed by atoms with van der Waals surface area (Å²) in [5.74, 6) is 0.481. The van der Waals surface area contributed by atoms with E-state index in [0.29, 0.717) is 107 Å². The molecule has 6 aliphatic heterocycles. The third-order valence-corrected chi connectivity index (χ3v) is 17.8. The topological polar surface area (TPSA) is 169 Å². The molecule has 1 saturated carbocycles.